The first-order valence-corrected chi connectivity index (χ1v) is 12.5. The van der Waals surface area contributed by atoms with Crippen molar-refractivity contribution in [1.29, 1.82) is 0 Å². The molecule has 35 heavy (non-hydrogen) atoms. The summed E-state index contributed by atoms with van der Waals surface area (Å²) < 4.78 is 13.5. The zero-order valence-electron chi connectivity index (χ0n) is 20.2. The molecule has 1 fully saturated rings. The van der Waals surface area contributed by atoms with E-state index in [9.17, 15) is 9.18 Å². The average Bonchev–Trinajstić information content (AvgIpc) is 3.26. The summed E-state index contributed by atoms with van der Waals surface area (Å²) in [6.07, 6.45) is 6.45. The number of hydrogen-bond donors (Lipinski definition) is 2. The molecule has 3 aromatic rings. The molecule has 1 amide bonds. The number of halogens is 3. The van der Waals surface area contributed by atoms with Crippen LogP contribution in [0.3, 0.4) is 0 Å². The molecule has 0 bridgehead atoms. The fourth-order valence-electron chi connectivity index (χ4n) is 4.42. The van der Waals surface area contributed by atoms with Gasteiger partial charge < -0.3 is 15.5 Å². The number of piperidine rings is 1. The lowest BCUT2D eigenvalue weighted by molar-refractivity contribution is 0.0963. The van der Waals surface area contributed by atoms with Crippen molar-refractivity contribution >= 4 is 58.1 Å². The van der Waals surface area contributed by atoms with E-state index in [2.05, 4.69) is 26.6 Å². The Bertz CT molecular complexity index is 1100. The number of benzene rings is 1. The van der Waals surface area contributed by atoms with Gasteiger partial charge in [-0.3, -0.25) is 4.79 Å². The number of thiophene rings is 1. The molecule has 1 aromatic carbocycles. The van der Waals surface area contributed by atoms with Gasteiger partial charge in [0.1, 0.15) is 6.67 Å². The second kappa shape index (κ2) is 13.9. The number of carbonyl (C=O) groups is 1. The molecular formula is C25H34Cl2FN5OS. The lowest BCUT2D eigenvalue weighted by atomic mass is 9.92. The van der Waals surface area contributed by atoms with Gasteiger partial charge in [-0.25, -0.2) is 14.4 Å². The molecule has 0 saturated carbocycles. The summed E-state index contributed by atoms with van der Waals surface area (Å²) in [5.74, 6) is 1.30. The maximum Gasteiger partial charge on any atom is 0.251 e. The molecule has 1 aliphatic rings. The Labute approximate surface area is 222 Å². The van der Waals surface area contributed by atoms with Gasteiger partial charge in [0.2, 0.25) is 5.95 Å². The van der Waals surface area contributed by atoms with Crippen LogP contribution in [0.25, 0.3) is 20.7 Å². The summed E-state index contributed by atoms with van der Waals surface area (Å²) >= 11 is 1.64. The first-order valence-electron chi connectivity index (χ1n) is 11.7. The third-order valence-corrected chi connectivity index (χ3v) is 7.50. The number of fused-ring (bicyclic) bond motifs is 1. The first kappa shape index (κ1) is 29.2. The van der Waals surface area contributed by atoms with Crippen LogP contribution in [0.5, 0.6) is 0 Å². The normalized spacial score (nSPS) is 14.3. The van der Waals surface area contributed by atoms with Gasteiger partial charge in [-0.2, -0.15) is 0 Å². The lowest BCUT2D eigenvalue weighted by Crippen LogP contribution is -2.35. The topological polar surface area (TPSA) is 70.2 Å². The second-order valence-corrected chi connectivity index (χ2v) is 9.79. The molecule has 0 atom stereocenters. The second-order valence-electron chi connectivity index (χ2n) is 8.71. The molecule has 2 aromatic heterocycles. The van der Waals surface area contributed by atoms with E-state index in [1.165, 1.54) is 19.3 Å². The van der Waals surface area contributed by atoms with Gasteiger partial charge in [-0.1, -0.05) is 6.07 Å². The number of nitrogens with zero attached hydrogens (tertiary/aromatic N) is 3. The van der Waals surface area contributed by atoms with Crippen LogP contribution in [0.15, 0.2) is 30.5 Å². The van der Waals surface area contributed by atoms with Crippen LogP contribution >= 0.6 is 36.2 Å². The number of amides is 1. The number of hydrogen-bond acceptors (Lipinski definition) is 6. The number of nitrogens with one attached hydrogen (secondary N) is 2. The molecule has 1 saturated heterocycles. The zero-order chi connectivity index (χ0) is 23.2. The van der Waals surface area contributed by atoms with Crippen LogP contribution < -0.4 is 10.6 Å². The molecule has 0 unspecified atom stereocenters. The Balaban J connectivity index is 0.00000216. The zero-order valence-corrected chi connectivity index (χ0v) is 22.6. The van der Waals surface area contributed by atoms with E-state index in [0.29, 0.717) is 18.1 Å². The van der Waals surface area contributed by atoms with E-state index in [-0.39, 0.29) is 37.4 Å². The van der Waals surface area contributed by atoms with Crippen molar-refractivity contribution < 1.29 is 9.18 Å². The minimum absolute atomic E-state index is 0. The lowest BCUT2D eigenvalue weighted by Gasteiger charge is -2.31. The minimum Gasteiger partial charge on any atom is -0.355 e. The van der Waals surface area contributed by atoms with Gasteiger partial charge in [-0.15, -0.1) is 36.2 Å². The highest BCUT2D eigenvalue weighted by Crippen LogP contribution is 2.35. The van der Waals surface area contributed by atoms with Crippen molar-refractivity contribution in [3.05, 3.63) is 41.6 Å². The molecule has 192 valence electrons. The van der Waals surface area contributed by atoms with E-state index in [0.717, 1.165) is 58.2 Å². The van der Waals surface area contributed by atoms with Crippen LogP contribution in [0.2, 0.25) is 0 Å². The average molecular weight is 543 g/mol. The predicted molar refractivity (Wildman–Crippen MR) is 148 cm³/mol. The Morgan fingerprint density at radius 3 is 2.71 bits per heavy atom. The van der Waals surface area contributed by atoms with Gasteiger partial charge in [0.15, 0.2) is 0 Å². The Morgan fingerprint density at radius 2 is 2.00 bits per heavy atom. The summed E-state index contributed by atoms with van der Waals surface area (Å²) in [6.45, 7) is 5.24. The maximum atomic E-state index is 12.5. The first-order chi connectivity index (χ1) is 16.1. The molecule has 10 heteroatoms. The van der Waals surface area contributed by atoms with Gasteiger partial charge in [0.05, 0.1) is 10.6 Å². The van der Waals surface area contributed by atoms with Crippen molar-refractivity contribution in [2.75, 3.05) is 45.2 Å². The van der Waals surface area contributed by atoms with Crippen molar-refractivity contribution in [3.63, 3.8) is 0 Å². The van der Waals surface area contributed by atoms with Gasteiger partial charge in [0, 0.05) is 36.6 Å². The van der Waals surface area contributed by atoms with E-state index < -0.39 is 0 Å². The molecule has 3 heterocycles. The summed E-state index contributed by atoms with van der Waals surface area (Å²) in [6, 6.07) is 7.89. The van der Waals surface area contributed by atoms with Crippen LogP contribution in [0.4, 0.5) is 10.3 Å². The molecule has 2 N–H and O–H groups in total. The van der Waals surface area contributed by atoms with Crippen LogP contribution in [-0.4, -0.2) is 60.7 Å². The summed E-state index contributed by atoms with van der Waals surface area (Å²) in [4.78, 5) is 24.5. The predicted octanol–water partition coefficient (Wildman–Crippen LogP) is 5.74. The number of alkyl halides is 1. The maximum absolute atomic E-state index is 12.5. The highest BCUT2D eigenvalue weighted by Gasteiger charge is 2.18. The molecule has 0 spiro atoms. The van der Waals surface area contributed by atoms with Crippen LogP contribution in [0, 0.1) is 12.8 Å². The number of carbonyl (C=O) groups excluding carboxylic acids is 1. The third kappa shape index (κ3) is 7.49. The molecule has 4 rings (SSSR count). The highest BCUT2D eigenvalue weighted by atomic mass is 35.5. The smallest absolute Gasteiger partial charge is 0.251 e. The fraction of sp³-hybridized carbons (Fsp3) is 0.480. The molecular weight excluding hydrogens is 508 g/mol. The highest BCUT2D eigenvalue weighted by molar-refractivity contribution is 7.22. The Morgan fingerprint density at radius 1 is 1.23 bits per heavy atom. The number of anilines is 1. The van der Waals surface area contributed by atoms with Crippen molar-refractivity contribution in [1.82, 2.24) is 20.2 Å². The van der Waals surface area contributed by atoms with Gasteiger partial charge in [-0.05, 0) is 80.8 Å². The fourth-order valence-corrected chi connectivity index (χ4v) is 5.58. The monoisotopic (exact) mass is 541 g/mol. The van der Waals surface area contributed by atoms with E-state index in [4.69, 9.17) is 4.98 Å². The number of aryl methyl sites for hydroxylation is 1. The van der Waals surface area contributed by atoms with Crippen molar-refractivity contribution in [2.24, 2.45) is 5.92 Å². The summed E-state index contributed by atoms with van der Waals surface area (Å²) in [5, 5.41) is 7.16. The Hall–Kier alpha value is -2.00. The summed E-state index contributed by atoms with van der Waals surface area (Å²) in [7, 11) is 1.64. The van der Waals surface area contributed by atoms with Gasteiger partial charge in [0.25, 0.3) is 5.91 Å². The van der Waals surface area contributed by atoms with E-state index in [1.807, 2.05) is 31.3 Å². The number of likely N-dealkylation sites (tertiary alicyclic amines) is 1. The molecule has 6 nitrogen and oxygen atoms in total. The quantitative estimate of drug-likeness (QED) is 0.338. The summed E-state index contributed by atoms with van der Waals surface area (Å²) in [5.41, 5.74) is 2.61. The molecule has 0 aliphatic carbocycles. The van der Waals surface area contributed by atoms with Crippen LogP contribution in [0.1, 0.15) is 41.6 Å². The standard InChI is InChI=1S/C25H32FN5OS.2ClH/c1-17-16-29-25(28-10-3-4-18-7-11-31(12-8-18)13-9-26)30-23(17)22-14-19-5-6-20(24(32)27-2)15-21(19)33-22;;/h5-6,14-16,18H,3-4,7-13H2,1-2H3,(H,27,32)(H,28,29,30);2*1H. The van der Waals surface area contributed by atoms with Gasteiger partial charge >= 0.3 is 0 Å². The third-order valence-electron chi connectivity index (χ3n) is 6.39. The SMILES string of the molecule is CNC(=O)c1ccc2cc(-c3nc(NCCCC4CCN(CCF)CC4)ncc3C)sc2c1.Cl.Cl. The number of aromatic nitrogens is 2. The minimum atomic E-state index is -0.244. The molecule has 1 aliphatic heterocycles. The van der Waals surface area contributed by atoms with Crippen molar-refractivity contribution in [2.45, 2.75) is 32.6 Å². The number of rotatable bonds is 9. The van der Waals surface area contributed by atoms with Crippen LogP contribution in [-0.2, 0) is 0 Å². The van der Waals surface area contributed by atoms with E-state index >= 15 is 0 Å². The van der Waals surface area contributed by atoms with Crippen molar-refractivity contribution in [3.8, 4) is 10.6 Å². The molecule has 0 radical (unpaired) electrons. The largest absolute Gasteiger partial charge is 0.355 e. The Kier molecular flexibility index (Phi) is 11.6. The van der Waals surface area contributed by atoms with E-state index in [1.54, 1.807) is 18.4 Å².